The van der Waals surface area contributed by atoms with Gasteiger partial charge in [-0.1, -0.05) is 49.4 Å². The molecule has 0 saturated carbocycles. The quantitative estimate of drug-likeness (QED) is 0.299. The molecule has 0 N–H and O–H groups in total. The van der Waals surface area contributed by atoms with E-state index in [1.54, 1.807) is 18.2 Å². The van der Waals surface area contributed by atoms with E-state index >= 15 is 0 Å². The summed E-state index contributed by atoms with van der Waals surface area (Å²) in [5, 5.41) is 0. The van der Waals surface area contributed by atoms with Gasteiger partial charge in [-0.3, -0.25) is 4.79 Å². The summed E-state index contributed by atoms with van der Waals surface area (Å²) in [5.41, 5.74) is 1.05. The predicted octanol–water partition coefficient (Wildman–Crippen LogP) is 4.29. The maximum atomic E-state index is 12.8. The number of ether oxygens (including phenoxy) is 1. The Morgan fingerprint density at radius 1 is 1.52 bits per heavy atom. The van der Waals surface area contributed by atoms with Crippen LogP contribution in [0.25, 0.3) is 5.70 Å². The van der Waals surface area contributed by atoms with Crippen molar-refractivity contribution < 1.29 is 51.0 Å². The second kappa shape index (κ2) is 9.77. The summed E-state index contributed by atoms with van der Waals surface area (Å²) in [6, 6.07) is 5.25. The van der Waals surface area contributed by atoms with E-state index in [9.17, 15) is 13.6 Å². The van der Waals surface area contributed by atoms with Gasteiger partial charge >= 0.3 is 0 Å². The molecule has 1 amide bonds. The number of halogens is 4. The Morgan fingerprint density at radius 2 is 2.22 bits per heavy atom. The summed E-state index contributed by atoms with van der Waals surface area (Å²) in [7, 11) is 0. The third-order valence-electron chi connectivity index (χ3n) is 3.08. The van der Waals surface area contributed by atoms with E-state index in [1.165, 1.54) is 0 Å². The molecule has 2 rings (SSSR count). The SMILES string of the molecule is CCOc1ccc(C2=[C-]CC(I)C(=O)N2CC(F)F)c(Br)c1.[Y]. The van der Waals surface area contributed by atoms with Crippen molar-refractivity contribution in [2.24, 2.45) is 0 Å². The zero-order chi connectivity index (χ0) is 16.3. The van der Waals surface area contributed by atoms with E-state index < -0.39 is 13.0 Å². The summed E-state index contributed by atoms with van der Waals surface area (Å²) in [5.74, 6) is 0.364. The van der Waals surface area contributed by atoms with E-state index in [2.05, 4.69) is 22.0 Å². The fourth-order valence-corrected chi connectivity index (χ4v) is 3.25. The summed E-state index contributed by atoms with van der Waals surface area (Å²) < 4.78 is 31.3. The van der Waals surface area contributed by atoms with Crippen LogP contribution >= 0.6 is 38.5 Å². The number of hydrogen-bond acceptors (Lipinski definition) is 2. The maximum absolute atomic E-state index is 12.8. The average molecular weight is 574 g/mol. The number of allylic oxidation sites excluding steroid dienone is 1. The van der Waals surface area contributed by atoms with Crippen LogP contribution in [0.15, 0.2) is 22.7 Å². The first-order valence-electron chi connectivity index (χ1n) is 6.71. The zero-order valence-corrected chi connectivity index (χ0v) is 18.9. The Labute approximate surface area is 181 Å². The number of benzene rings is 1. The monoisotopic (exact) mass is 573 g/mol. The Balaban J connectivity index is 0.00000264. The van der Waals surface area contributed by atoms with Gasteiger partial charge in [-0.2, -0.15) is 0 Å². The topological polar surface area (TPSA) is 29.5 Å². The van der Waals surface area contributed by atoms with Gasteiger partial charge in [-0.15, -0.1) is 17.3 Å². The average Bonchev–Trinajstić information content (AvgIpc) is 2.45. The molecule has 0 fully saturated rings. The summed E-state index contributed by atoms with van der Waals surface area (Å²) in [4.78, 5) is 13.3. The number of alkyl halides is 3. The molecule has 1 heterocycles. The second-order valence-corrected chi connectivity index (χ2v) is 6.97. The molecule has 23 heavy (non-hydrogen) atoms. The molecule has 1 radical (unpaired) electrons. The van der Waals surface area contributed by atoms with Crippen molar-refractivity contribution in [1.29, 1.82) is 0 Å². The van der Waals surface area contributed by atoms with Crippen molar-refractivity contribution in [3.63, 3.8) is 0 Å². The van der Waals surface area contributed by atoms with Crippen LogP contribution in [0.5, 0.6) is 5.75 Å². The van der Waals surface area contributed by atoms with Gasteiger partial charge in [0.2, 0.25) is 5.91 Å². The number of amides is 1. The minimum Gasteiger partial charge on any atom is -0.494 e. The molecular weight excluding hydrogens is 560 g/mol. The first kappa shape index (κ1) is 21.4. The number of carbonyl (C=O) groups excluding carboxylic acids is 1. The van der Waals surface area contributed by atoms with Gasteiger partial charge < -0.3 is 9.64 Å². The van der Waals surface area contributed by atoms with Crippen molar-refractivity contribution in [2.75, 3.05) is 13.2 Å². The van der Waals surface area contributed by atoms with Gasteiger partial charge in [0.05, 0.1) is 17.1 Å². The molecule has 1 aliphatic rings. The fraction of sp³-hybridized carbons (Fsp3) is 0.400. The summed E-state index contributed by atoms with van der Waals surface area (Å²) in [6.45, 7) is 1.79. The maximum Gasteiger partial charge on any atom is 0.256 e. The van der Waals surface area contributed by atoms with E-state index in [4.69, 9.17) is 4.74 Å². The first-order chi connectivity index (χ1) is 10.4. The molecule has 0 spiro atoms. The van der Waals surface area contributed by atoms with Gasteiger partial charge in [0, 0.05) is 32.7 Å². The molecular formula is C15H14BrF2INO2Y-. The Kier molecular flexibility index (Phi) is 9.11. The number of carbonyl (C=O) groups is 1. The molecule has 1 atom stereocenters. The summed E-state index contributed by atoms with van der Waals surface area (Å²) >= 11 is 5.37. The molecule has 123 valence electrons. The minimum absolute atomic E-state index is 0. The van der Waals surface area contributed by atoms with Crippen LogP contribution in [-0.4, -0.2) is 34.3 Å². The molecule has 8 heteroatoms. The van der Waals surface area contributed by atoms with Gasteiger partial charge in [0.1, 0.15) is 5.75 Å². The largest absolute Gasteiger partial charge is 0.494 e. The van der Waals surface area contributed by atoms with Crippen LogP contribution in [0, 0.1) is 6.08 Å². The normalized spacial score (nSPS) is 17.8. The van der Waals surface area contributed by atoms with Crippen LogP contribution < -0.4 is 4.74 Å². The molecule has 1 aromatic rings. The van der Waals surface area contributed by atoms with Gasteiger partial charge in [0.25, 0.3) is 6.43 Å². The smallest absolute Gasteiger partial charge is 0.256 e. The van der Waals surface area contributed by atoms with Crippen molar-refractivity contribution >= 4 is 50.1 Å². The van der Waals surface area contributed by atoms with Crippen LogP contribution in [0.3, 0.4) is 0 Å². The predicted molar refractivity (Wildman–Crippen MR) is 92.1 cm³/mol. The molecule has 1 aromatic carbocycles. The molecule has 0 saturated heterocycles. The Morgan fingerprint density at radius 3 is 2.78 bits per heavy atom. The Bertz CT molecular complexity index is 601. The van der Waals surface area contributed by atoms with Crippen LogP contribution in [0.2, 0.25) is 0 Å². The first-order valence-corrected chi connectivity index (χ1v) is 8.75. The van der Waals surface area contributed by atoms with Crippen LogP contribution in [-0.2, 0) is 37.5 Å². The number of hydrogen-bond donors (Lipinski definition) is 0. The minimum atomic E-state index is -2.59. The van der Waals surface area contributed by atoms with Gasteiger partial charge in [-0.25, -0.2) is 14.9 Å². The third-order valence-corrected chi connectivity index (χ3v) is 4.71. The molecule has 0 bridgehead atoms. The zero-order valence-electron chi connectivity index (χ0n) is 12.4. The second-order valence-electron chi connectivity index (χ2n) is 4.61. The van der Waals surface area contributed by atoms with Crippen molar-refractivity contribution in [3.8, 4) is 5.75 Å². The Hall–Kier alpha value is 0.404. The third kappa shape index (κ3) is 5.44. The van der Waals surface area contributed by atoms with Crippen molar-refractivity contribution in [1.82, 2.24) is 4.90 Å². The van der Waals surface area contributed by atoms with Crippen molar-refractivity contribution in [3.05, 3.63) is 34.3 Å². The standard InChI is InChI=1S/C15H14BrF2INO2.Y/c1-2-22-9-3-4-10(11(16)7-9)13-6-5-12(19)15(21)20(13)8-14(17)18;/h3-4,7,12,14H,2,5,8H2,1H3;/q-1;. The van der Waals surface area contributed by atoms with E-state index in [-0.39, 0.29) is 42.5 Å². The fourth-order valence-electron chi connectivity index (χ4n) is 2.15. The number of rotatable bonds is 5. The van der Waals surface area contributed by atoms with E-state index in [1.807, 2.05) is 29.5 Å². The molecule has 3 nitrogen and oxygen atoms in total. The van der Waals surface area contributed by atoms with Crippen LogP contribution in [0.1, 0.15) is 18.9 Å². The molecule has 1 unspecified atom stereocenters. The molecule has 1 aliphatic heterocycles. The van der Waals surface area contributed by atoms with Gasteiger partial charge in [0.15, 0.2) is 0 Å². The molecule has 0 aliphatic carbocycles. The van der Waals surface area contributed by atoms with Crippen LogP contribution in [0.4, 0.5) is 8.78 Å². The van der Waals surface area contributed by atoms with E-state index in [0.29, 0.717) is 34.5 Å². The van der Waals surface area contributed by atoms with Gasteiger partial charge in [-0.05, 0) is 19.1 Å². The summed E-state index contributed by atoms with van der Waals surface area (Å²) in [6.07, 6.45) is 0.891. The van der Waals surface area contributed by atoms with Crippen molar-refractivity contribution in [2.45, 2.75) is 23.7 Å². The molecule has 0 aromatic heterocycles. The van der Waals surface area contributed by atoms with E-state index in [0.717, 1.165) is 4.90 Å². The number of nitrogens with zero attached hydrogens (tertiary/aromatic N) is 1.